The van der Waals surface area contributed by atoms with Gasteiger partial charge in [0.2, 0.25) is 0 Å². The highest BCUT2D eigenvalue weighted by Gasteiger charge is 2.28. The van der Waals surface area contributed by atoms with Crippen molar-refractivity contribution in [2.75, 3.05) is 13.2 Å². The van der Waals surface area contributed by atoms with Crippen molar-refractivity contribution in [1.29, 1.82) is 0 Å². The summed E-state index contributed by atoms with van der Waals surface area (Å²) in [5, 5.41) is 0. The van der Waals surface area contributed by atoms with Gasteiger partial charge in [-0.3, -0.25) is 4.90 Å². The molecule has 1 aliphatic carbocycles. The van der Waals surface area contributed by atoms with Crippen LogP contribution in [0.4, 0.5) is 0 Å². The summed E-state index contributed by atoms with van der Waals surface area (Å²) in [6, 6.07) is 9.25. The lowest BCUT2D eigenvalue weighted by Gasteiger charge is -2.33. The highest BCUT2D eigenvalue weighted by molar-refractivity contribution is 5.33. The summed E-state index contributed by atoms with van der Waals surface area (Å²) < 4.78 is 5.85. The Morgan fingerprint density at radius 1 is 1.11 bits per heavy atom. The summed E-state index contributed by atoms with van der Waals surface area (Å²) in [6.45, 7) is 2.75. The predicted octanol–water partition coefficient (Wildman–Crippen LogP) is 2.54. The number of benzene rings is 1. The van der Waals surface area contributed by atoms with Gasteiger partial charge in [0.05, 0.1) is 0 Å². The van der Waals surface area contributed by atoms with Crippen LogP contribution < -0.4 is 10.5 Å². The number of hydrogen-bond donors (Lipinski definition) is 1. The first-order valence-corrected chi connectivity index (χ1v) is 7.55. The smallest absolute Gasteiger partial charge is 0.123 e. The summed E-state index contributed by atoms with van der Waals surface area (Å²) in [5.74, 6) is 1.05. The topological polar surface area (TPSA) is 38.5 Å². The molecule has 1 saturated carbocycles. The maximum atomic E-state index is 6.40. The minimum atomic E-state index is 0.327. The largest absolute Gasteiger partial charge is 0.492 e. The lowest BCUT2D eigenvalue weighted by atomic mass is 10.0. The standard InChI is InChI=1S/C16H24N2O/c17-14-7-2-1-3-8-15(14)18-10-11-19-16-9-5-4-6-13(16)12-18/h4-6,9,14-15H,1-3,7-8,10-12,17H2. The SMILES string of the molecule is NC1CCCCCC1N1CCOc2ccccc2C1. The normalized spacial score (nSPS) is 28.9. The van der Waals surface area contributed by atoms with Crippen molar-refractivity contribution in [3.63, 3.8) is 0 Å². The van der Waals surface area contributed by atoms with Crippen molar-refractivity contribution < 1.29 is 4.74 Å². The molecule has 3 rings (SSSR count). The average Bonchev–Trinajstić information content (AvgIpc) is 2.76. The molecule has 3 nitrogen and oxygen atoms in total. The van der Waals surface area contributed by atoms with E-state index in [0.717, 1.165) is 25.4 Å². The quantitative estimate of drug-likeness (QED) is 0.789. The van der Waals surface area contributed by atoms with E-state index >= 15 is 0 Å². The van der Waals surface area contributed by atoms with E-state index in [4.69, 9.17) is 10.5 Å². The number of nitrogens with two attached hydrogens (primary N) is 1. The van der Waals surface area contributed by atoms with Crippen LogP contribution in [0.25, 0.3) is 0 Å². The predicted molar refractivity (Wildman–Crippen MR) is 77.2 cm³/mol. The van der Waals surface area contributed by atoms with Gasteiger partial charge < -0.3 is 10.5 Å². The molecule has 0 radical (unpaired) electrons. The van der Waals surface area contributed by atoms with Crippen molar-refractivity contribution in [2.45, 2.75) is 50.7 Å². The average molecular weight is 260 g/mol. The molecule has 2 N–H and O–H groups in total. The van der Waals surface area contributed by atoms with Gasteiger partial charge in [-0.15, -0.1) is 0 Å². The van der Waals surface area contributed by atoms with Crippen LogP contribution in [0.5, 0.6) is 5.75 Å². The van der Waals surface area contributed by atoms with Gasteiger partial charge in [-0.25, -0.2) is 0 Å². The van der Waals surface area contributed by atoms with Crippen LogP contribution in [-0.4, -0.2) is 30.1 Å². The van der Waals surface area contributed by atoms with Gasteiger partial charge in [-0.1, -0.05) is 37.5 Å². The molecule has 1 aliphatic heterocycles. The summed E-state index contributed by atoms with van der Waals surface area (Å²) in [5.41, 5.74) is 7.70. The Balaban J connectivity index is 1.77. The van der Waals surface area contributed by atoms with Gasteiger partial charge in [0.15, 0.2) is 0 Å². The third-order valence-electron chi connectivity index (χ3n) is 4.48. The van der Waals surface area contributed by atoms with E-state index in [0.29, 0.717) is 12.1 Å². The molecule has 0 amide bonds. The zero-order valence-electron chi connectivity index (χ0n) is 11.6. The van der Waals surface area contributed by atoms with Gasteiger partial charge in [-0.2, -0.15) is 0 Å². The second-order valence-corrected chi connectivity index (χ2v) is 5.80. The highest BCUT2D eigenvalue weighted by atomic mass is 16.5. The Morgan fingerprint density at radius 2 is 1.95 bits per heavy atom. The molecule has 1 fully saturated rings. The Morgan fingerprint density at radius 3 is 2.89 bits per heavy atom. The molecule has 104 valence electrons. The van der Waals surface area contributed by atoms with Gasteiger partial charge in [0, 0.05) is 30.7 Å². The molecule has 0 bridgehead atoms. The molecule has 2 aliphatic rings. The number of ether oxygens (including phenoxy) is 1. The van der Waals surface area contributed by atoms with Crippen LogP contribution in [0.15, 0.2) is 24.3 Å². The van der Waals surface area contributed by atoms with Gasteiger partial charge in [0.1, 0.15) is 12.4 Å². The van der Waals surface area contributed by atoms with E-state index in [1.165, 1.54) is 37.7 Å². The zero-order valence-corrected chi connectivity index (χ0v) is 11.6. The fraction of sp³-hybridized carbons (Fsp3) is 0.625. The molecular formula is C16H24N2O. The van der Waals surface area contributed by atoms with Crippen molar-refractivity contribution in [3.8, 4) is 5.75 Å². The molecule has 1 aromatic rings. The van der Waals surface area contributed by atoms with E-state index in [1.807, 2.05) is 6.07 Å². The summed E-state index contributed by atoms with van der Waals surface area (Å²) in [6.07, 6.45) is 6.36. The molecule has 1 heterocycles. The van der Waals surface area contributed by atoms with Crippen LogP contribution in [-0.2, 0) is 6.54 Å². The monoisotopic (exact) mass is 260 g/mol. The molecule has 1 aromatic carbocycles. The van der Waals surface area contributed by atoms with Gasteiger partial charge in [0.25, 0.3) is 0 Å². The number of para-hydroxylation sites is 1. The fourth-order valence-corrected chi connectivity index (χ4v) is 3.40. The molecule has 0 saturated heterocycles. The Labute approximate surface area is 115 Å². The maximum absolute atomic E-state index is 6.40. The zero-order chi connectivity index (χ0) is 13.1. The van der Waals surface area contributed by atoms with Crippen molar-refractivity contribution in [3.05, 3.63) is 29.8 Å². The molecular weight excluding hydrogens is 236 g/mol. The molecule has 0 spiro atoms. The molecule has 3 heteroatoms. The van der Waals surface area contributed by atoms with Crippen LogP contribution in [0.2, 0.25) is 0 Å². The molecule has 2 atom stereocenters. The van der Waals surface area contributed by atoms with E-state index in [1.54, 1.807) is 0 Å². The van der Waals surface area contributed by atoms with Crippen LogP contribution in [0.3, 0.4) is 0 Å². The van der Waals surface area contributed by atoms with E-state index in [2.05, 4.69) is 23.1 Å². The maximum Gasteiger partial charge on any atom is 0.123 e. The minimum absolute atomic E-state index is 0.327. The van der Waals surface area contributed by atoms with Crippen molar-refractivity contribution in [2.24, 2.45) is 5.73 Å². The minimum Gasteiger partial charge on any atom is -0.492 e. The molecule has 2 unspecified atom stereocenters. The number of rotatable bonds is 1. The first kappa shape index (κ1) is 12.9. The van der Waals surface area contributed by atoms with Gasteiger partial charge >= 0.3 is 0 Å². The molecule has 0 aromatic heterocycles. The van der Waals surface area contributed by atoms with E-state index in [9.17, 15) is 0 Å². The van der Waals surface area contributed by atoms with Crippen molar-refractivity contribution >= 4 is 0 Å². The van der Waals surface area contributed by atoms with Crippen molar-refractivity contribution in [1.82, 2.24) is 4.90 Å². The summed E-state index contributed by atoms with van der Waals surface area (Å²) in [7, 11) is 0. The highest BCUT2D eigenvalue weighted by Crippen LogP contribution is 2.27. The fourth-order valence-electron chi connectivity index (χ4n) is 3.40. The number of hydrogen-bond acceptors (Lipinski definition) is 3. The Bertz CT molecular complexity index is 421. The second-order valence-electron chi connectivity index (χ2n) is 5.80. The summed E-state index contributed by atoms with van der Waals surface area (Å²) in [4.78, 5) is 2.54. The Hall–Kier alpha value is -1.06. The molecule has 19 heavy (non-hydrogen) atoms. The lowest BCUT2D eigenvalue weighted by molar-refractivity contribution is 0.141. The number of fused-ring (bicyclic) bond motifs is 1. The van der Waals surface area contributed by atoms with E-state index in [-0.39, 0.29) is 0 Å². The van der Waals surface area contributed by atoms with Gasteiger partial charge in [-0.05, 0) is 18.9 Å². The van der Waals surface area contributed by atoms with Crippen LogP contribution in [0, 0.1) is 0 Å². The lowest BCUT2D eigenvalue weighted by Crippen LogP contribution is -2.47. The van der Waals surface area contributed by atoms with Crippen LogP contribution in [0.1, 0.15) is 37.7 Å². The third-order valence-corrected chi connectivity index (χ3v) is 4.48. The third kappa shape index (κ3) is 2.93. The van der Waals surface area contributed by atoms with Crippen LogP contribution >= 0.6 is 0 Å². The second kappa shape index (κ2) is 5.93. The number of nitrogens with zero attached hydrogens (tertiary/aromatic N) is 1. The Kier molecular flexibility index (Phi) is 4.04. The van der Waals surface area contributed by atoms with E-state index < -0.39 is 0 Å². The first-order valence-electron chi connectivity index (χ1n) is 7.55. The summed E-state index contributed by atoms with van der Waals surface area (Å²) >= 11 is 0. The first-order chi connectivity index (χ1) is 9.34.